The maximum absolute atomic E-state index is 12.0. The largest absolute Gasteiger partial charge is 0.368 e. The molecule has 4 nitrogen and oxygen atoms in total. The molecule has 1 heterocycles. The second kappa shape index (κ2) is 4.66. The molecule has 0 amide bonds. The molecule has 1 aliphatic heterocycles. The molecule has 0 aromatic heterocycles. The number of aryl methyl sites for hydroxylation is 1. The fraction of sp³-hybridized carbons (Fsp3) is 0.500. The normalized spacial score (nSPS) is 17.9. The third kappa shape index (κ3) is 2.17. The van der Waals surface area contributed by atoms with Gasteiger partial charge in [0.15, 0.2) is 9.84 Å². The Kier molecular flexibility index (Phi) is 3.40. The molecule has 0 aliphatic carbocycles. The minimum atomic E-state index is -3.11. The van der Waals surface area contributed by atoms with Gasteiger partial charge in [0.05, 0.1) is 16.3 Å². The van der Waals surface area contributed by atoms with Crippen LogP contribution in [0.1, 0.15) is 12.5 Å². The predicted octanol–water partition coefficient (Wildman–Crippen LogP) is 0.801. The van der Waals surface area contributed by atoms with Gasteiger partial charge < -0.3 is 10.6 Å². The highest BCUT2D eigenvalue weighted by atomic mass is 32.2. The third-order valence-electron chi connectivity index (χ3n) is 3.14. The third-order valence-corrected chi connectivity index (χ3v) is 4.86. The number of para-hydroxylation sites is 1. The first-order valence-corrected chi connectivity index (χ1v) is 7.55. The van der Waals surface area contributed by atoms with Gasteiger partial charge in [-0.2, -0.15) is 0 Å². The van der Waals surface area contributed by atoms with Crippen LogP contribution in [0.25, 0.3) is 0 Å². The molecule has 2 N–H and O–H groups in total. The van der Waals surface area contributed by atoms with Crippen molar-refractivity contribution in [2.24, 2.45) is 5.73 Å². The Morgan fingerprint density at radius 2 is 2.18 bits per heavy atom. The van der Waals surface area contributed by atoms with E-state index in [9.17, 15) is 8.42 Å². The number of rotatable bonds is 3. The fourth-order valence-corrected chi connectivity index (χ4v) is 3.82. The molecular weight excluding hydrogens is 236 g/mol. The van der Waals surface area contributed by atoms with Crippen molar-refractivity contribution in [2.45, 2.75) is 18.2 Å². The van der Waals surface area contributed by atoms with E-state index in [0.717, 1.165) is 17.7 Å². The average molecular weight is 254 g/mol. The van der Waals surface area contributed by atoms with Crippen LogP contribution in [-0.4, -0.2) is 33.8 Å². The zero-order valence-electron chi connectivity index (χ0n) is 10.0. The van der Waals surface area contributed by atoms with Crippen LogP contribution >= 0.6 is 0 Å². The highest BCUT2D eigenvalue weighted by Gasteiger charge is 2.29. The standard InChI is InChI=1S/C12H18N2O2S/c1-2-10-4-3-5-11-12(10)14(7-6-13)8-9-17(11,15)16/h3-5H,2,6-9,13H2,1H3. The van der Waals surface area contributed by atoms with E-state index in [1.54, 1.807) is 6.07 Å². The van der Waals surface area contributed by atoms with E-state index >= 15 is 0 Å². The molecule has 0 fully saturated rings. The molecule has 0 saturated heterocycles. The first-order chi connectivity index (χ1) is 8.10. The predicted molar refractivity (Wildman–Crippen MR) is 69.1 cm³/mol. The van der Waals surface area contributed by atoms with Crippen molar-refractivity contribution < 1.29 is 8.42 Å². The lowest BCUT2D eigenvalue weighted by molar-refractivity contribution is 0.589. The SMILES string of the molecule is CCc1cccc2c1N(CCN)CCS2(=O)=O. The highest BCUT2D eigenvalue weighted by Crippen LogP contribution is 2.33. The number of anilines is 1. The Labute approximate surface area is 102 Å². The summed E-state index contributed by atoms with van der Waals surface area (Å²) in [4.78, 5) is 2.56. The van der Waals surface area contributed by atoms with Gasteiger partial charge in [0, 0.05) is 19.6 Å². The summed E-state index contributed by atoms with van der Waals surface area (Å²) < 4.78 is 24.1. The Bertz CT molecular complexity index is 511. The first kappa shape index (κ1) is 12.4. The molecule has 0 radical (unpaired) electrons. The summed E-state index contributed by atoms with van der Waals surface area (Å²) in [5.74, 6) is 0.188. The van der Waals surface area contributed by atoms with Crippen molar-refractivity contribution in [3.63, 3.8) is 0 Å². The molecule has 2 rings (SSSR count). The van der Waals surface area contributed by atoms with Gasteiger partial charge in [-0.25, -0.2) is 8.42 Å². The van der Waals surface area contributed by atoms with Gasteiger partial charge in [0.25, 0.3) is 0 Å². The molecule has 0 unspecified atom stereocenters. The van der Waals surface area contributed by atoms with Crippen molar-refractivity contribution in [3.8, 4) is 0 Å². The second-order valence-corrected chi connectivity index (χ2v) is 6.29. The molecule has 5 heteroatoms. The quantitative estimate of drug-likeness (QED) is 0.866. The molecular formula is C12H18N2O2S. The topological polar surface area (TPSA) is 63.4 Å². The minimum absolute atomic E-state index is 0.188. The lowest BCUT2D eigenvalue weighted by atomic mass is 10.1. The molecule has 0 saturated carbocycles. The van der Waals surface area contributed by atoms with Gasteiger partial charge in [-0.15, -0.1) is 0 Å². The summed E-state index contributed by atoms with van der Waals surface area (Å²) in [7, 11) is -3.11. The van der Waals surface area contributed by atoms with Gasteiger partial charge in [-0.1, -0.05) is 19.1 Å². The van der Waals surface area contributed by atoms with E-state index in [1.807, 2.05) is 19.1 Å². The number of nitrogens with zero attached hydrogens (tertiary/aromatic N) is 1. The van der Waals surface area contributed by atoms with E-state index in [0.29, 0.717) is 24.5 Å². The first-order valence-electron chi connectivity index (χ1n) is 5.90. The van der Waals surface area contributed by atoms with Crippen LogP contribution in [-0.2, 0) is 16.3 Å². The van der Waals surface area contributed by atoms with Crippen molar-refractivity contribution in [2.75, 3.05) is 30.3 Å². The molecule has 17 heavy (non-hydrogen) atoms. The number of benzene rings is 1. The number of hydrogen-bond donors (Lipinski definition) is 1. The number of fused-ring (bicyclic) bond motifs is 1. The summed E-state index contributed by atoms with van der Waals surface area (Å²) in [5, 5.41) is 0. The Balaban J connectivity index is 2.60. The van der Waals surface area contributed by atoms with Gasteiger partial charge >= 0.3 is 0 Å². The van der Waals surface area contributed by atoms with E-state index in [2.05, 4.69) is 4.90 Å². The van der Waals surface area contributed by atoms with Crippen LogP contribution in [0.4, 0.5) is 5.69 Å². The zero-order chi connectivity index (χ0) is 12.5. The molecule has 1 aliphatic rings. The summed E-state index contributed by atoms with van der Waals surface area (Å²) in [6, 6.07) is 5.51. The van der Waals surface area contributed by atoms with Crippen molar-refractivity contribution in [1.82, 2.24) is 0 Å². The molecule has 0 atom stereocenters. The summed E-state index contributed by atoms with van der Waals surface area (Å²) in [5.41, 5.74) is 7.53. The van der Waals surface area contributed by atoms with E-state index in [-0.39, 0.29) is 5.75 Å². The van der Waals surface area contributed by atoms with Crippen LogP contribution < -0.4 is 10.6 Å². The van der Waals surface area contributed by atoms with E-state index in [4.69, 9.17) is 5.73 Å². The summed E-state index contributed by atoms with van der Waals surface area (Å²) in [6.45, 7) is 3.83. The lowest BCUT2D eigenvalue weighted by Gasteiger charge is -2.32. The van der Waals surface area contributed by atoms with Crippen LogP contribution in [0.3, 0.4) is 0 Å². The lowest BCUT2D eigenvalue weighted by Crippen LogP contribution is -2.39. The molecule has 1 aromatic carbocycles. The maximum Gasteiger partial charge on any atom is 0.182 e. The van der Waals surface area contributed by atoms with Crippen molar-refractivity contribution >= 4 is 15.5 Å². The Hall–Kier alpha value is -1.07. The van der Waals surface area contributed by atoms with Crippen LogP contribution in [0, 0.1) is 0 Å². The van der Waals surface area contributed by atoms with Gasteiger partial charge in [0.2, 0.25) is 0 Å². The second-order valence-electron chi connectivity index (χ2n) is 4.21. The van der Waals surface area contributed by atoms with Crippen LogP contribution in [0.15, 0.2) is 23.1 Å². The van der Waals surface area contributed by atoms with Crippen molar-refractivity contribution in [3.05, 3.63) is 23.8 Å². The van der Waals surface area contributed by atoms with E-state index < -0.39 is 9.84 Å². The highest BCUT2D eigenvalue weighted by molar-refractivity contribution is 7.91. The van der Waals surface area contributed by atoms with Gasteiger partial charge in [-0.3, -0.25) is 0 Å². The Morgan fingerprint density at radius 3 is 2.82 bits per heavy atom. The van der Waals surface area contributed by atoms with Gasteiger partial charge in [0.1, 0.15) is 0 Å². The number of hydrogen-bond acceptors (Lipinski definition) is 4. The number of sulfone groups is 1. The molecule has 94 valence electrons. The van der Waals surface area contributed by atoms with Gasteiger partial charge in [-0.05, 0) is 18.1 Å². The monoisotopic (exact) mass is 254 g/mol. The molecule has 1 aromatic rings. The van der Waals surface area contributed by atoms with E-state index in [1.165, 1.54) is 0 Å². The molecule has 0 bridgehead atoms. The van der Waals surface area contributed by atoms with Crippen molar-refractivity contribution in [1.29, 1.82) is 0 Å². The summed E-state index contributed by atoms with van der Waals surface area (Å²) in [6.07, 6.45) is 0.833. The Morgan fingerprint density at radius 1 is 1.41 bits per heavy atom. The van der Waals surface area contributed by atoms with Crippen LogP contribution in [0.5, 0.6) is 0 Å². The molecule has 0 spiro atoms. The zero-order valence-corrected chi connectivity index (χ0v) is 10.8. The smallest absolute Gasteiger partial charge is 0.182 e. The maximum atomic E-state index is 12.0. The minimum Gasteiger partial charge on any atom is -0.368 e. The number of nitrogens with two attached hydrogens (primary N) is 1. The fourth-order valence-electron chi connectivity index (χ4n) is 2.29. The average Bonchev–Trinajstić information content (AvgIpc) is 2.32. The summed E-state index contributed by atoms with van der Waals surface area (Å²) >= 11 is 0. The van der Waals surface area contributed by atoms with Crippen LogP contribution in [0.2, 0.25) is 0 Å².